The van der Waals surface area contributed by atoms with Gasteiger partial charge in [-0.3, -0.25) is 14.5 Å². The van der Waals surface area contributed by atoms with E-state index >= 15 is 0 Å². The van der Waals surface area contributed by atoms with Crippen LogP contribution in [0.3, 0.4) is 0 Å². The molecule has 3 atom stereocenters. The highest BCUT2D eigenvalue weighted by atomic mass is 16.2. The Morgan fingerprint density at radius 2 is 1.50 bits per heavy atom. The lowest BCUT2D eigenvalue weighted by molar-refractivity contribution is -0.153. The van der Waals surface area contributed by atoms with Gasteiger partial charge in [-0.05, 0) is 71.9 Å². The van der Waals surface area contributed by atoms with E-state index in [1.54, 1.807) is 0 Å². The molecule has 0 aromatic rings. The minimum absolute atomic E-state index is 0.0566. The van der Waals surface area contributed by atoms with Crippen LogP contribution in [0.25, 0.3) is 0 Å². The predicted octanol–water partition coefficient (Wildman–Crippen LogP) is 3.74. The highest BCUT2D eigenvalue weighted by molar-refractivity contribution is 5.88. The molecule has 4 fully saturated rings. The second-order valence-electron chi connectivity index (χ2n) is 10.9. The Labute approximate surface area is 159 Å². The normalized spacial score (nSPS) is 31.3. The third kappa shape index (κ3) is 3.85. The molecule has 1 amide bonds. The van der Waals surface area contributed by atoms with Crippen molar-refractivity contribution in [2.45, 2.75) is 85.2 Å². The van der Waals surface area contributed by atoms with Crippen molar-refractivity contribution in [1.29, 1.82) is 0 Å². The molecule has 0 spiro atoms. The van der Waals surface area contributed by atoms with Gasteiger partial charge in [0.15, 0.2) is 0 Å². The quantitative estimate of drug-likeness (QED) is 0.751. The van der Waals surface area contributed by atoms with Crippen LogP contribution in [0.4, 0.5) is 0 Å². The summed E-state index contributed by atoms with van der Waals surface area (Å²) >= 11 is 0. The monoisotopic (exact) mass is 362 g/mol. The van der Waals surface area contributed by atoms with Crippen LogP contribution < -0.4 is 0 Å². The molecule has 4 heteroatoms. The summed E-state index contributed by atoms with van der Waals surface area (Å²) in [6.45, 7) is 15.7. The first-order valence-electron chi connectivity index (χ1n) is 10.6. The number of Topliss-reactive ketones (excluding diaryl/α,β-unsaturated/α-hetero) is 1. The maximum atomic E-state index is 13.3. The molecular weight excluding hydrogens is 324 g/mol. The molecule has 0 aromatic carbocycles. The van der Waals surface area contributed by atoms with Gasteiger partial charge in [-0.15, -0.1) is 0 Å². The van der Waals surface area contributed by atoms with E-state index in [1.165, 1.54) is 6.42 Å². The van der Waals surface area contributed by atoms with Crippen molar-refractivity contribution in [1.82, 2.24) is 9.80 Å². The van der Waals surface area contributed by atoms with Crippen LogP contribution in [0.15, 0.2) is 0 Å². The fraction of sp³-hybridized carbons (Fsp3) is 0.909. The summed E-state index contributed by atoms with van der Waals surface area (Å²) in [6, 6.07) is 0.153. The molecule has 3 aliphatic heterocycles. The van der Waals surface area contributed by atoms with Crippen molar-refractivity contribution in [3.8, 4) is 0 Å². The van der Waals surface area contributed by atoms with Crippen LogP contribution in [-0.4, -0.2) is 52.7 Å². The molecule has 148 valence electrons. The number of fused-ring (bicyclic) bond motifs is 3. The van der Waals surface area contributed by atoms with E-state index in [1.807, 2.05) is 20.8 Å². The van der Waals surface area contributed by atoms with Crippen molar-refractivity contribution < 1.29 is 9.59 Å². The molecule has 0 N–H and O–H groups in total. The molecule has 2 bridgehead atoms. The van der Waals surface area contributed by atoms with Crippen LogP contribution in [0.2, 0.25) is 0 Å². The molecule has 3 heterocycles. The number of hydrogen-bond donors (Lipinski definition) is 0. The maximum absolute atomic E-state index is 13.3. The average molecular weight is 363 g/mol. The number of ketones is 1. The maximum Gasteiger partial charge on any atom is 0.226 e. The van der Waals surface area contributed by atoms with E-state index in [2.05, 4.69) is 30.6 Å². The molecule has 0 aromatic heterocycles. The molecule has 4 rings (SSSR count). The number of rotatable bonds is 2. The first-order chi connectivity index (χ1) is 12.0. The van der Waals surface area contributed by atoms with E-state index in [9.17, 15) is 9.59 Å². The number of likely N-dealkylation sites (tertiary alicyclic amines) is 1. The Morgan fingerprint density at radius 3 is 2.00 bits per heavy atom. The van der Waals surface area contributed by atoms with E-state index in [4.69, 9.17) is 0 Å². The van der Waals surface area contributed by atoms with Crippen molar-refractivity contribution in [3.63, 3.8) is 0 Å². The first-order valence-corrected chi connectivity index (χ1v) is 10.6. The Kier molecular flexibility index (Phi) is 5.29. The van der Waals surface area contributed by atoms with E-state index in [0.717, 1.165) is 45.3 Å². The van der Waals surface area contributed by atoms with E-state index in [0.29, 0.717) is 17.6 Å². The minimum atomic E-state index is -0.311. The lowest BCUT2D eigenvalue weighted by Crippen LogP contribution is -2.60. The lowest BCUT2D eigenvalue weighted by atomic mass is 9.66. The average Bonchev–Trinajstić information content (AvgIpc) is 2.59. The van der Waals surface area contributed by atoms with Crippen molar-refractivity contribution in [2.24, 2.45) is 23.2 Å². The Balaban J connectivity index is 1.68. The van der Waals surface area contributed by atoms with E-state index in [-0.39, 0.29) is 28.8 Å². The third-order valence-corrected chi connectivity index (χ3v) is 6.93. The van der Waals surface area contributed by atoms with Gasteiger partial charge in [0.2, 0.25) is 5.91 Å². The number of piperidine rings is 3. The Hall–Kier alpha value is -0.900. The molecule has 26 heavy (non-hydrogen) atoms. The standard InChI is InChI=1S/C22H38N2O2/c1-21(2,3)19(25)17-13-15-7-8-18(17)24(14-15)20(26)16-9-11-23(12-10-16)22(4,5)6/h15-18H,7-14H2,1-6H3. The number of carbonyl (C=O) groups excluding carboxylic acids is 2. The zero-order chi connectivity index (χ0) is 19.3. The number of hydrogen-bond acceptors (Lipinski definition) is 3. The van der Waals surface area contributed by atoms with Crippen LogP contribution in [0, 0.1) is 23.2 Å². The summed E-state index contributed by atoms with van der Waals surface area (Å²) in [5, 5.41) is 0. The Morgan fingerprint density at radius 1 is 0.885 bits per heavy atom. The second kappa shape index (κ2) is 6.92. The summed E-state index contributed by atoms with van der Waals surface area (Å²) in [5.74, 6) is 1.42. The fourth-order valence-corrected chi connectivity index (χ4v) is 5.32. The topological polar surface area (TPSA) is 40.6 Å². The first kappa shape index (κ1) is 19.9. The van der Waals surface area contributed by atoms with Gasteiger partial charge in [-0.2, -0.15) is 0 Å². The molecule has 1 aliphatic carbocycles. The lowest BCUT2D eigenvalue weighted by Gasteiger charge is -2.52. The SMILES string of the molecule is CC(C)(C)C(=O)C1CC2CCC1N(C(=O)C1CCN(C(C)(C)C)CC1)C2. The van der Waals surface area contributed by atoms with Crippen molar-refractivity contribution in [3.05, 3.63) is 0 Å². The van der Waals surface area contributed by atoms with Crippen LogP contribution in [-0.2, 0) is 9.59 Å². The molecule has 3 unspecified atom stereocenters. The largest absolute Gasteiger partial charge is 0.338 e. The van der Waals surface area contributed by atoms with Gasteiger partial charge >= 0.3 is 0 Å². The Bertz CT molecular complexity index is 549. The number of carbonyl (C=O) groups is 2. The molecule has 1 saturated carbocycles. The number of amides is 1. The van der Waals surface area contributed by atoms with Crippen molar-refractivity contribution >= 4 is 11.7 Å². The summed E-state index contributed by atoms with van der Waals surface area (Å²) in [7, 11) is 0. The van der Waals surface area contributed by atoms with Gasteiger partial charge in [-0.25, -0.2) is 0 Å². The van der Waals surface area contributed by atoms with E-state index < -0.39 is 0 Å². The van der Waals surface area contributed by atoms with Gasteiger partial charge < -0.3 is 4.90 Å². The number of nitrogens with zero attached hydrogens (tertiary/aromatic N) is 2. The van der Waals surface area contributed by atoms with Crippen molar-refractivity contribution in [2.75, 3.05) is 19.6 Å². The third-order valence-electron chi connectivity index (χ3n) is 6.93. The predicted molar refractivity (Wildman–Crippen MR) is 105 cm³/mol. The van der Waals surface area contributed by atoms with Crippen LogP contribution in [0.1, 0.15) is 73.6 Å². The highest BCUT2D eigenvalue weighted by Crippen LogP contribution is 2.43. The summed E-state index contributed by atoms with van der Waals surface area (Å²) in [5.41, 5.74) is -0.128. The molecule has 4 aliphatic rings. The van der Waals surface area contributed by atoms with Crippen LogP contribution >= 0.6 is 0 Å². The smallest absolute Gasteiger partial charge is 0.226 e. The minimum Gasteiger partial charge on any atom is -0.338 e. The summed E-state index contributed by atoms with van der Waals surface area (Å²) in [6.07, 6.45) is 5.12. The zero-order valence-electron chi connectivity index (χ0n) is 17.7. The van der Waals surface area contributed by atoms with Gasteiger partial charge in [0, 0.05) is 35.4 Å². The molecule has 0 radical (unpaired) electrons. The zero-order valence-corrected chi connectivity index (χ0v) is 17.7. The molecule has 3 saturated heterocycles. The second-order valence-corrected chi connectivity index (χ2v) is 10.9. The summed E-state index contributed by atoms with van der Waals surface area (Å²) < 4.78 is 0. The van der Waals surface area contributed by atoms with Crippen LogP contribution in [0.5, 0.6) is 0 Å². The molecule has 4 nitrogen and oxygen atoms in total. The fourth-order valence-electron chi connectivity index (χ4n) is 5.32. The van der Waals surface area contributed by atoms with Gasteiger partial charge in [-0.1, -0.05) is 20.8 Å². The van der Waals surface area contributed by atoms with Gasteiger partial charge in [0.25, 0.3) is 0 Å². The highest BCUT2D eigenvalue weighted by Gasteiger charge is 2.48. The van der Waals surface area contributed by atoms with Gasteiger partial charge in [0.1, 0.15) is 5.78 Å². The summed E-state index contributed by atoms with van der Waals surface area (Å²) in [4.78, 5) is 30.9. The molecular formula is C22H38N2O2. The van der Waals surface area contributed by atoms with Gasteiger partial charge in [0.05, 0.1) is 0 Å².